The van der Waals surface area contributed by atoms with Gasteiger partial charge in [0.15, 0.2) is 0 Å². The Labute approximate surface area is 113 Å². The van der Waals surface area contributed by atoms with Gasteiger partial charge in [-0.2, -0.15) is 13.2 Å². The van der Waals surface area contributed by atoms with Gasteiger partial charge in [-0.15, -0.1) is 0 Å². The first-order valence-corrected chi connectivity index (χ1v) is 5.96. The van der Waals surface area contributed by atoms with Crippen LogP contribution in [0.25, 0.3) is 0 Å². The van der Waals surface area contributed by atoms with Crippen molar-refractivity contribution in [3.63, 3.8) is 0 Å². The highest BCUT2D eigenvalue weighted by Gasteiger charge is 2.30. The van der Waals surface area contributed by atoms with Gasteiger partial charge in [-0.05, 0) is 23.8 Å². The van der Waals surface area contributed by atoms with Crippen LogP contribution in [0.2, 0.25) is 0 Å². The molecule has 1 aromatic carbocycles. The van der Waals surface area contributed by atoms with Gasteiger partial charge in [0, 0.05) is 18.3 Å². The van der Waals surface area contributed by atoms with E-state index in [4.69, 9.17) is 5.73 Å². The van der Waals surface area contributed by atoms with Crippen molar-refractivity contribution in [2.24, 2.45) is 5.73 Å². The van der Waals surface area contributed by atoms with Gasteiger partial charge in [-0.25, -0.2) is 0 Å². The molecule has 0 saturated heterocycles. The molecule has 0 spiro atoms. The van der Waals surface area contributed by atoms with Crippen LogP contribution in [-0.2, 0) is 19.3 Å². The minimum absolute atomic E-state index is 0.0800. The van der Waals surface area contributed by atoms with Gasteiger partial charge < -0.3 is 10.3 Å². The van der Waals surface area contributed by atoms with E-state index >= 15 is 0 Å². The van der Waals surface area contributed by atoms with Gasteiger partial charge in [0.1, 0.15) is 0 Å². The summed E-state index contributed by atoms with van der Waals surface area (Å²) >= 11 is 0. The number of alkyl halides is 3. The largest absolute Gasteiger partial charge is 0.416 e. The maximum atomic E-state index is 12.6. The zero-order valence-electron chi connectivity index (χ0n) is 10.5. The Morgan fingerprint density at radius 1 is 1.15 bits per heavy atom. The summed E-state index contributed by atoms with van der Waals surface area (Å²) in [5.41, 5.74) is 5.27. The molecule has 0 aliphatic heterocycles. The standard InChI is InChI=1S/C14H13F3N2O/c15-14(16,17)12-5-1-3-10(7-12)9-19-6-2-4-11(8-18)13(19)20/h1-7H,8-9,18H2. The molecule has 0 unspecified atom stereocenters. The van der Waals surface area contributed by atoms with Gasteiger partial charge in [0.25, 0.3) is 5.56 Å². The fraction of sp³-hybridized carbons (Fsp3) is 0.214. The molecule has 0 aliphatic rings. The Bertz CT molecular complexity index is 662. The summed E-state index contributed by atoms with van der Waals surface area (Å²) in [7, 11) is 0. The molecule has 0 fully saturated rings. The van der Waals surface area contributed by atoms with Crippen LogP contribution in [0.1, 0.15) is 16.7 Å². The van der Waals surface area contributed by atoms with Crippen molar-refractivity contribution >= 4 is 0 Å². The van der Waals surface area contributed by atoms with Crippen LogP contribution >= 0.6 is 0 Å². The quantitative estimate of drug-likeness (QED) is 0.939. The van der Waals surface area contributed by atoms with E-state index in [0.29, 0.717) is 11.1 Å². The van der Waals surface area contributed by atoms with Crippen LogP contribution < -0.4 is 11.3 Å². The lowest BCUT2D eigenvalue weighted by atomic mass is 10.1. The average Bonchev–Trinajstić information content (AvgIpc) is 2.40. The summed E-state index contributed by atoms with van der Waals surface area (Å²) in [6, 6.07) is 8.18. The van der Waals surface area contributed by atoms with Crippen molar-refractivity contribution in [3.05, 3.63) is 69.6 Å². The van der Waals surface area contributed by atoms with E-state index < -0.39 is 11.7 Å². The fourth-order valence-corrected chi connectivity index (χ4v) is 1.91. The Balaban J connectivity index is 2.34. The van der Waals surface area contributed by atoms with Crippen molar-refractivity contribution in [1.82, 2.24) is 4.57 Å². The van der Waals surface area contributed by atoms with Crippen molar-refractivity contribution in [2.75, 3.05) is 0 Å². The number of nitrogens with zero attached hydrogens (tertiary/aromatic N) is 1. The van der Waals surface area contributed by atoms with Crippen molar-refractivity contribution in [2.45, 2.75) is 19.3 Å². The SMILES string of the molecule is NCc1cccn(Cc2cccc(C(F)(F)F)c2)c1=O. The number of hydrogen-bond acceptors (Lipinski definition) is 2. The molecule has 0 radical (unpaired) electrons. The summed E-state index contributed by atoms with van der Waals surface area (Å²) in [6.07, 6.45) is -2.86. The van der Waals surface area contributed by atoms with Gasteiger partial charge >= 0.3 is 6.18 Å². The van der Waals surface area contributed by atoms with Gasteiger partial charge in [-0.3, -0.25) is 4.79 Å². The highest BCUT2D eigenvalue weighted by atomic mass is 19.4. The number of pyridine rings is 1. The summed E-state index contributed by atoms with van der Waals surface area (Å²) in [5.74, 6) is 0. The fourth-order valence-electron chi connectivity index (χ4n) is 1.91. The average molecular weight is 282 g/mol. The zero-order valence-corrected chi connectivity index (χ0v) is 10.5. The third-order valence-electron chi connectivity index (χ3n) is 2.93. The van der Waals surface area contributed by atoms with Crippen LogP contribution in [0.5, 0.6) is 0 Å². The van der Waals surface area contributed by atoms with Crippen molar-refractivity contribution in [1.29, 1.82) is 0 Å². The van der Waals surface area contributed by atoms with E-state index in [1.807, 2.05) is 0 Å². The second kappa shape index (κ2) is 5.50. The monoisotopic (exact) mass is 282 g/mol. The molecule has 0 atom stereocenters. The Kier molecular flexibility index (Phi) is 3.94. The predicted molar refractivity (Wildman–Crippen MR) is 69.1 cm³/mol. The first-order chi connectivity index (χ1) is 9.41. The molecule has 0 amide bonds. The van der Waals surface area contributed by atoms with Crippen molar-refractivity contribution in [3.8, 4) is 0 Å². The third-order valence-corrected chi connectivity index (χ3v) is 2.93. The molecule has 20 heavy (non-hydrogen) atoms. The normalized spacial score (nSPS) is 11.6. The smallest absolute Gasteiger partial charge is 0.326 e. The van der Waals surface area contributed by atoms with Crippen LogP contribution in [0, 0.1) is 0 Å². The molecule has 0 aliphatic carbocycles. The minimum atomic E-state index is -4.39. The molecular formula is C14H13F3N2O. The molecule has 6 heteroatoms. The minimum Gasteiger partial charge on any atom is -0.326 e. The predicted octanol–water partition coefficient (Wildman–Crippen LogP) is 2.37. The summed E-state index contributed by atoms with van der Waals surface area (Å²) < 4.78 is 39.2. The second-order valence-electron chi connectivity index (χ2n) is 4.37. The van der Waals surface area contributed by atoms with Crippen LogP contribution in [-0.4, -0.2) is 4.57 Å². The van der Waals surface area contributed by atoms with Gasteiger partial charge in [0.2, 0.25) is 0 Å². The second-order valence-corrected chi connectivity index (χ2v) is 4.37. The Hall–Kier alpha value is -2.08. The molecule has 1 heterocycles. The first kappa shape index (κ1) is 14.3. The maximum Gasteiger partial charge on any atom is 0.416 e. The van der Waals surface area contributed by atoms with E-state index in [9.17, 15) is 18.0 Å². The molecule has 0 saturated carbocycles. The molecule has 2 N–H and O–H groups in total. The third kappa shape index (κ3) is 3.08. The highest BCUT2D eigenvalue weighted by Crippen LogP contribution is 2.29. The van der Waals surface area contributed by atoms with E-state index in [1.54, 1.807) is 18.2 Å². The summed E-state index contributed by atoms with van der Waals surface area (Å²) in [5, 5.41) is 0. The van der Waals surface area contributed by atoms with Crippen LogP contribution in [0.4, 0.5) is 13.2 Å². The van der Waals surface area contributed by atoms with Crippen LogP contribution in [0.3, 0.4) is 0 Å². The Morgan fingerprint density at radius 2 is 1.90 bits per heavy atom. The molecule has 1 aromatic heterocycles. The maximum absolute atomic E-state index is 12.6. The van der Waals surface area contributed by atoms with Crippen LogP contribution in [0.15, 0.2) is 47.4 Å². The van der Waals surface area contributed by atoms with Crippen molar-refractivity contribution < 1.29 is 13.2 Å². The lowest BCUT2D eigenvalue weighted by Crippen LogP contribution is -2.25. The van der Waals surface area contributed by atoms with E-state index in [-0.39, 0.29) is 18.6 Å². The number of hydrogen-bond donors (Lipinski definition) is 1. The van der Waals surface area contributed by atoms with E-state index in [0.717, 1.165) is 12.1 Å². The molecular weight excluding hydrogens is 269 g/mol. The molecule has 0 bridgehead atoms. The lowest BCUT2D eigenvalue weighted by Gasteiger charge is -2.10. The summed E-state index contributed by atoms with van der Waals surface area (Å²) in [6.45, 7) is 0.179. The molecule has 2 aromatic rings. The van der Waals surface area contributed by atoms with E-state index in [1.165, 1.54) is 16.8 Å². The number of benzene rings is 1. The molecule has 2 rings (SSSR count). The molecule has 106 valence electrons. The summed E-state index contributed by atoms with van der Waals surface area (Å²) in [4.78, 5) is 11.9. The first-order valence-electron chi connectivity index (χ1n) is 5.96. The topological polar surface area (TPSA) is 48.0 Å². The number of nitrogens with two attached hydrogens (primary N) is 1. The number of aromatic nitrogens is 1. The zero-order chi connectivity index (χ0) is 14.8. The number of halogens is 3. The lowest BCUT2D eigenvalue weighted by molar-refractivity contribution is -0.137. The van der Waals surface area contributed by atoms with E-state index in [2.05, 4.69) is 0 Å². The number of rotatable bonds is 3. The Morgan fingerprint density at radius 3 is 2.55 bits per heavy atom. The molecule has 3 nitrogen and oxygen atoms in total. The van der Waals surface area contributed by atoms with Gasteiger partial charge in [0.05, 0.1) is 12.1 Å². The highest BCUT2D eigenvalue weighted by molar-refractivity contribution is 5.26. The van der Waals surface area contributed by atoms with Gasteiger partial charge in [-0.1, -0.05) is 18.2 Å².